The minimum Gasteiger partial charge on any atom is -0.366 e. The van der Waals surface area contributed by atoms with Crippen LogP contribution in [0.1, 0.15) is 25.3 Å². The highest BCUT2D eigenvalue weighted by atomic mass is 16.6. The summed E-state index contributed by atoms with van der Waals surface area (Å²) in [5, 5.41) is 14.6. The Morgan fingerprint density at radius 2 is 2.10 bits per heavy atom. The summed E-state index contributed by atoms with van der Waals surface area (Å²) in [5.74, 6) is 0.622. The van der Waals surface area contributed by atoms with Crippen molar-refractivity contribution in [1.82, 2.24) is 5.32 Å². The number of benzene rings is 1. The zero-order chi connectivity index (χ0) is 14.5. The maximum absolute atomic E-state index is 11.2. The molecule has 1 heterocycles. The van der Waals surface area contributed by atoms with Crippen molar-refractivity contribution >= 4 is 11.4 Å². The summed E-state index contributed by atoms with van der Waals surface area (Å²) in [7, 11) is 0. The van der Waals surface area contributed by atoms with Crippen LogP contribution in [0.5, 0.6) is 0 Å². The summed E-state index contributed by atoms with van der Waals surface area (Å²) in [6.45, 7) is 7.85. The number of piperidine rings is 1. The van der Waals surface area contributed by atoms with E-state index in [1.165, 1.54) is 0 Å². The molecular formula is C15H23N3O2. The highest BCUT2D eigenvalue weighted by Crippen LogP contribution is 2.30. The van der Waals surface area contributed by atoms with Crippen LogP contribution in [0.25, 0.3) is 0 Å². The molecular weight excluding hydrogens is 254 g/mol. The molecule has 0 spiro atoms. The lowest BCUT2D eigenvalue weighted by atomic mass is 9.97. The van der Waals surface area contributed by atoms with E-state index in [0.717, 1.165) is 50.3 Å². The van der Waals surface area contributed by atoms with E-state index in [9.17, 15) is 10.1 Å². The summed E-state index contributed by atoms with van der Waals surface area (Å²) >= 11 is 0. The minimum atomic E-state index is -0.278. The second-order valence-corrected chi connectivity index (χ2v) is 5.48. The third kappa shape index (κ3) is 3.48. The molecule has 1 aliphatic rings. The van der Waals surface area contributed by atoms with Gasteiger partial charge in [0.05, 0.1) is 4.92 Å². The molecule has 0 aliphatic carbocycles. The fourth-order valence-corrected chi connectivity index (χ4v) is 2.81. The molecule has 0 unspecified atom stereocenters. The molecule has 0 aromatic heterocycles. The number of anilines is 1. The Bertz CT molecular complexity index is 470. The molecule has 5 nitrogen and oxygen atoms in total. The summed E-state index contributed by atoms with van der Waals surface area (Å²) in [5.41, 5.74) is 2.04. The van der Waals surface area contributed by atoms with Gasteiger partial charge in [-0.1, -0.05) is 6.07 Å². The van der Waals surface area contributed by atoms with Crippen LogP contribution in [0.3, 0.4) is 0 Å². The highest BCUT2D eigenvalue weighted by Gasteiger charge is 2.22. The quantitative estimate of drug-likeness (QED) is 0.664. The average molecular weight is 277 g/mol. The van der Waals surface area contributed by atoms with Gasteiger partial charge in [-0.3, -0.25) is 10.1 Å². The van der Waals surface area contributed by atoms with Gasteiger partial charge >= 0.3 is 0 Å². The maximum atomic E-state index is 11.2. The van der Waals surface area contributed by atoms with Crippen molar-refractivity contribution in [1.29, 1.82) is 0 Å². The Balaban J connectivity index is 2.21. The van der Waals surface area contributed by atoms with E-state index >= 15 is 0 Å². The van der Waals surface area contributed by atoms with E-state index < -0.39 is 0 Å². The van der Waals surface area contributed by atoms with Crippen LogP contribution < -0.4 is 10.2 Å². The molecule has 1 aromatic carbocycles. The van der Waals surface area contributed by atoms with Crippen LogP contribution in [0.15, 0.2) is 18.2 Å². The van der Waals surface area contributed by atoms with Crippen molar-refractivity contribution in [3.8, 4) is 0 Å². The average Bonchev–Trinajstić information content (AvgIpc) is 2.45. The molecule has 1 N–H and O–H groups in total. The number of nitrogens with one attached hydrogen (secondary N) is 1. The normalized spacial score (nSPS) is 16.1. The second kappa shape index (κ2) is 6.70. The number of aryl methyl sites for hydroxylation is 1. The predicted molar refractivity (Wildman–Crippen MR) is 81.3 cm³/mol. The first kappa shape index (κ1) is 14.8. The molecule has 0 saturated carbocycles. The smallest absolute Gasteiger partial charge is 0.292 e. The minimum absolute atomic E-state index is 0.214. The Kier molecular flexibility index (Phi) is 4.95. The van der Waals surface area contributed by atoms with E-state index in [1.54, 1.807) is 12.1 Å². The second-order valence-electron chi connectivity index (χ2n) is 5.48. The standard InChI is InChI=1S/C15H23N3O2/c1-3-17(11-13-6-8-16-9-7-13)15-10-12(2)4-5-14(15)18(19)20/h4-5,10,13,16H,3,6-9,11H2,1-2H3. The lowest BCUT2D eigenvalue weighted by molar-refractivity contribution is -0.384. The first-order chi connectivity index (χ1) is 9.61. The number of hydrogen-bond acceptors (Lipinski definition) is 4. The van der Waals surface area contributed by atoms with Gasteiger partial charge in [-0.25, -0.2) is 0 Å². The van der Waals surface area contributed by atoms with Gasteiger partial charge in [0.15, 0.2) is 0 Å². The molecule has 1 aromatic rings. The largest absolute Gasteiger partial charge is 0.366 e. The molecule has 110 valence electrons. The van der Waals surface area contributed by atoms with Crippen molar-refractivity contribution < 1.29 is 4.92 Å². The van der Waals surface area contributed by atoms with Crippen LogP contribution in [-0.2, 0) is 0 Å². The van der Waals surface area contributed by atoms with Crippen LogP contribution in [0.4, 0.5) is 11.4 Å². The SMILES string of the molecule is CCN(CC1CCNCC1)c1cc(C)ccc1[N+](=O)[O-]. The fraction of sp³-hybridized carbons (Fsp3) is 0.600. The lowest BCUT2D eigenvalue weighted by Gasteiger charge is -2.30. The third-order valence-electron chi connectivity index (χ3n) is 3.99. The van der Waals surface area contributed by atoms with Gasteiger partial charge in [0.1, 0.15) is 5.69 Å². The van der Waals surface area contributed by atoms with Gasteiger partial charge in [0.25, 0.3) is 5.69 Å². The molecule has 0 radical (unpaired) electrons. The van der Waals surface area contributed by atoms with E-state index in [2.05, 4.69) is 17.1 Å². The number of nitro groups is 1. The monoisotopic (exact) mass is 277 g/mol. The maximum Gasteiger partial charge on any atom is 0.292 e. The lowest BCUT2D eigenvalue weighted by Crippen LogP contribution is -2.36. The number of hydrogen-bond donors (Lipinski definition) is 1. The Morgan fingerprint density at radius 3 is 2.70 bits per heavy atom. The first-order valence-electron chi connectivity index (χ1n) is 7.32. The molecule has 20 heavy (non-hydrogen) atoms. The zero-order valence-corrected chi connectivity index (χ0v) is 12.3. The van der Waals surface area contributed by atoms with Gasteiger partial charge in [0.2, 0.25) is 0 Å². The first-order valence-corrected chi connectivity index (χ1v) is 7.32. The predicted octanol–water partition coefficient (Wildman–Crippen LogP) is 2.73. The highest BCUT2D eigenvalue weighted by molar-refractivity contribution is 5.64. The molecule has 0 amide bonds. The van der Waals surface area contributed by atoms with Crippen molar-refractivity contribution in [3.05, 3.63) is 33.9 Å². The van der Waals surface area contributed by atoms with Gasteiger partial charge in [-0.05, 0) is 57.3 Å². The van der Waals surface area contributed by atoms with Crippen molar-refractivity contribution in [2.24, 2.45) is 5.92 Å². The summed E-state index contributed by atoms with van der Waals surface area (Å²) < 4.78 is 0. The number of rotatable bonds is 5. The van der Waals surface area contributed by atoms with Gasteiger partial charge in [-0.2, -0.15) is 0 Å². The van der Waals surface area contributed by atoms with Crippen molar-refractivity contribution in [3.63, 3.8) is 0 Å². The summed E-state index contributed by atoms with van der Waals surface area (Å²) in [6, 6.07) is 5.36. The number of nitrogens with zero attached hydrogens (tertiary/aromatic N) is 2. The van der Waals surface area contributed by atoms with Crippen LogP contribution in [0, 0.1) is 23.0 Å². The van der Waals surface area contributed by atoms with E-state index in [4.69, 9.17) is 0 Å². The van der Waals surface area contributed by atoms with Crippen molar-refractivity contribution in [2.45, 2.75) is 26.7 Å². The Morgan fingerprint density at radius 1 is 1.40 bits per heavy atom. The third-order valence-corrected chi connectivity index (χ3v) is 3.99. The Hall–Kier alpha value is -1.62. The zero-order valence-electron chi connectivity index (χ0n) is 12.3. The molecule has 0 bridgehead atoms. The van der Waals surface area contributed by atoms with E-state index in [0.29, 0.717) is 5.92 Å². The van der Waals surface area contributed by atoms with Crippen molar-refractivity contribution in [2.75, 3.05) is 31.1 Å². The van der Waals surface area contributed by atoms with E-state index in [-0.39, 0.29) is 10.6 Å². The Labute approximate surface area is 120 Å². The molecule has 2 rings (SSSR count). The van der Waals surface area contributed by atoms with Crippen LogP contribution in [-0.4, -0.2) is 31.1 Å². The summed E-state index contributed by atoms with van der Waals surface area (Å²) in [4.78, 5) is 13.1. The molecule has 1 saturated heterocycles. The van der Waals surface area contributed by atoms with Crippen LogP contribution in [0.2, 0.25) is 0 Å². The van der Waals surface area contributed by atoms with E-state index in [1.807, 2.05) is 13.0 Å². The molecule has 0 atom stereocenters. The molecule has 5 heteroatoms. The van der Waals surface area contributed by atoms with Gasteiger partial charge < -0.3 is 10.2 Å². The topological polar surface area (TPSA) is 58.4 Å². The van der Waals surface area contributed by atoms with Crippen LogP contribution >= 0.6 is 0 Å². The fourth-order valence-electron chi connectivity index (χ4n) is 2.81. The molecule has 1 fully saturated rings. The van der Waals surface area contributed by atoms with Gasteiger partial charge in [0, 0.05) is 19.2 Å². The summed E-state index contributed by atoms with van der Waals surface area (Å²) in [6.07, 6.45) is 2.30. The van der Waals surface area contributed by atoms with Gasteiger partial charge in [-0.15, -0.1) is 0 Å². The molecule has 1 aliphatic heterocycles. The number of nitro benzene ring substituents is 1.